The number of benzene rings is 1. The van der Waals surface area contributed by atoms with E-state index in [1.54, 1.807) is 6.07 Å². The Labute approximate surface area is 94.2 Å². The lowest BCUT2D eigenvalue weighted by Crippen LogP contribution is -2.44. The SMILES string of the molecule is NC(=O)Nc1cccc(NC2CC(N)C2)c1. The standard InChI is InChI=1S/C11H16N4O/c12-7-4-10(5-7)14-8-2-1-3-9(6-8)15-11(13)16/h1-3,6-7,10,14H,4-5,12H2,(H3,13,15,16). The minimum atomic E-state index is -0.553. The Morgan fingerprint density at radius 3 is 2.62 bits per heavy atom. The Morgan fingerprint density at radius 1 is 1.31 bits per heavy atom. The molecular formula is C11H16N4O. The van der Waals surface area contributed by atoms with E-state index in [0.717, 1.165) is 18.5 Å². The van der Waals surface area contributed by atoms with Gasteiger partial charge in [0.1, 0.15) is 0 Å². The van der Waals surface area contributed by atoms with E-state index in [9.17, 15) is 4.79 Å². The van der Waals surface area contributed by atoms with Crippen LogP contribution in [0.5, 0.6) is 0 Å². The smallest absolute Gasteiger partial charge is 0.316 e. The molecule has 6 N–H and O–H groups in total. The van der Waals surface area contributed by atoms with Crippen molar-refractivity contribution in [3.63, 3.8) is 0 Å². The van der Waals surface area contributed by atoms with Crippen LogP contribution in [-0.4, -0.2) is 18.1 Å². The molecule has 0 unspecified atom stereocenters. The summed E-state index contributed by atoms with van der Waals surface area (Å²) in [6, 6.07) is 7.69. The van der Waals surface area contributed by atoms with Crippen LogP contribution in [0, 0.1) is 0 Å². The van der Waals surface area contributed by atoms with Gasteiger partial charge in [-0.3, -0.25) is 0 Å². The molecule has 1 aliphatic rings. The van der Waals surface area contributed by atoms with Crippen molar-refractivity contribution >= 4 is 17.4 Å². The third-order valence-corrected chi connectivity index (χ3v) is 2.68. The number of carbonyl (C=O) groups is 1. The second kappa shape index (κ2) is 4.40. The lowest BCUT2D eigenvalue weighted by Gasteiger charge is -2.33. The predicted molar refractivity (Wildman–Crippen MR) is 64.3 cm³/mol. The second-order valence-corrected chi connectivity index (χ2v) is 4.14. The third kappa shape index (κ3) is 2.64. The summed E-state index contributed by atoms with van der Waals surface area (Å²) in [5, 5.41) is 5.89. The van der Waals surface area contributed by atoms with Crippen LogP contribution in [0.4, 0.5) is 16.2 Å². The molecule has 1 fully saturated rings. The minimum absolute atomic E-state index is 0.324. The molecule has 0 saturated heterocycles. The molecule has 0 heterocycles. The molecule has 0 spiro atoms. The fraction of sp³-hybridized carbons (Fsp3) is 0.364. The van der Waals surface area contributed by atoms with E-state index in [0.29, 0.717) is 17.8 Å². The van der Waals surface area contributed by atoms with E-state index in [2.05, 4.69) is 10.6 Å². The van der Waals surface area contributed by atoms with Gasteiger partial charge in [0.05, 0.1) is 0 Å². The van der Waals surface area contributed by atoms with Gasteiger partial charge < -0.3 is 22.1 Å². The summed E-state index contributed by atoms with van der Waals surface area (Å²) in [6.07, 6.45) is 1.99. The quantitative estimate of drug-likeness (QED) is 0.614. The van der Waals surface area contributed by atoms with Crippen LogP contribution >= 0.6 is 0 Å². The Bertz CT molecular complexity index is 387. The number of primary amides is 1. The highest BCUT2D eigenvalue weighted by Gasteiger charge is 2.25. The summed E-state index contributed by atoms with van der Waals surface area (Å²) >= 11 is 0. The average Bonchev–Trinajstić information content (AvgIpc) is 2.15. The zero-order valence-corrected chi connectivity index (χ0v) is 8.94. The molecule has 0 aliphatic heterocycles. The normalized spacial score (nSPS) is 23.3. The fourth-order valence-corrected chi connectivity index (χ4v) is 1.84. The monoisotopic (exact) mass is 220 g/mol. The van der Waals surface area contributed by atoms with E-state index in [1.165, 1.54) is 0 Å². The number of amides is 2. The van der Waals surface area contributed by atoms with Gasteiger partial charge in [-0.25, -0.2) is 4.79 Å². The molecule has 1 aromatic carbocycles. The molecule has 0 aromatic heterocycles. The second-order valence-electron chi connectivity index (χ2n) is 4.14. The van der Waals surface area contributed by atoms with Crippen molar-refractivity contribution in [2.24, 2.45) is 11.5 Å². The summed E-state index contributed by atoms with van der Waals surface area (Å²) < 4.78 is 0. The first kappa shape index (κ1) is 10.8. The van der Waals surface area contributed by atoms with E-state index < -0.39 is 6.03 Å². The number of nitrogens with two attached hydrogens (primary N) is 2. The van der Waals surface area contributed by atoms with Crippen LogP contribution in [0.3, 0.4) is 0 Å². The van der Waals surface area contributed by atoms with Crippen molar-refractivity contribution < 1.29 is 4.79 Å². The van der Waals surface area contributed by atoms with Crippen molar-refractivity contribution in [1.29, 1.82) is 0 Å². The molecule has 2 amide bonds. The Morgan fingerprint density at radius 2 is 2.00 bits per heavy atom. The van der Waals surface area contributed by atoms with Crippen LogP contribution in [0.15, 0.2) is 24.3 Å². The van der Waals surface area contributed by atoms with Crippen LogP contribution in [0.25, 0.3) is 0 Å². The Kier molecular flexibility index (Phi) is 2.96. The molecule has 1 aliphatic carbocycles. The van der Waals surface area contributed by atoms with Gasteiger partial charge in [-0.05, 0) is 31.0 Å². The molecule has 16 heavy (non-hydrogen) atoms. The van der Waals surface area contributed by atoms with E-state index >= 15 is 0 Å². The summed E-state index contributed by atoms with van der Waals surface area (Å²) in [5.74, 6) is 0. The van der Waals surface area contributed by atoms with Crippen molar-refractivity contribution in [3.05, 3.63) is 24.3 Å². The minimum Gasteiger partial charge on any atom is -0.382 e. The van der Waals surface area contributed by atoms with Crippen molar-refractivity contribution in [2.75, 3.05) is 10.6 Å². The number of urea groups is 1. The van der Waals surface area contributed by atoms with Gasteiger partial charge in [0.25, 0.3) is 0 Å². The number of anilines is 2. The first-order valence-corrected chi connectivity index (χ1v) is 5.32. The average molecular weight is 220 g/mol. The van der Waals surface area contributed by atoms with Gasteiger partial charge >= 0.3 is 6.03 Å². The number of carbonyl (C=O) groups excluding carboxylic acids is 1. The Balaban J connectivity index is 1.96. The fourth-order valence-electron chi connectivity index (χ4n) is 1.84. The molecule has 1 aromatic rings. The molecule has 0 radical (unpaired) electrons. The number of hydrogen-bond acceptors (Lipinski definition) is 3. The lowest BCUT2D eigenvalue weighted by atomic mass is 9.87. The number of nitrogens with one attached hydrogen (secondary N) is 2. The third-order valence-electron chi connectivity index (χ3n) is 2.68. The molecule has 0 atom stereocenters. The maximum Gasteiger partial charge on any atom is 0.316 e. The maximum atomic E-state index is 10.7. The molecule has 5 nitrogen and oxygen atoms in total. The Hall–Kier alpha value is -1.75. The van der Waals surface area contributed by atoms with Gasteiger partial charge in [0, 0.05) is 23.5 Å². The highest BCUT2D eigenvalue weighted by Crippen LogP contribution is 2.24. The maximum absolute atomic E-state index is 10.7. The molecule has 5 heteroatoms. The van der Waals surface area contributed by atoms with E-state index in [1.807, 2.05) is 18.2 Å². The zero-order valence-electron chi connectivity index (χ0n) is 8.94. The first-order valence-electron chi connectivity index (χ1n) is 5.32. The molecule has 86 valence electrons. The van der Waals surface area contributed by atoms with Crippen LogP contribution in [0.1, 0.15) is 12.8 Å². The first-order chi connectivity index (χ1) is 7.63. The topological polar surface area (TPSA) is 93.2 Å². The van der Waals surface area contributed by atoms with Gasteiger partial charge in [-0.2, -0.15) is 0 Å². The summed E-state index contributed by atoms with van der Waals surface area (Å²) in [6.45, 7) is 0. The van der Waals surface area contributed by atoms with E-state index in [-0.39, 0.29) is 0 Å². The van der Waals surface area contributed by atoms with Crippen LogP contribution < -0.4 is 22.1 Å². The molecule has 1 saturated carbocycles. The largest absolute Gasteiger partial charge is 0.382 e. The number of rotatable bonds is 3. The predicted octanol–water partition coefficient (Wildman–Crippen LogP) is 1.08. The summed E-state index contributed by atoms with van der Waals surface area (Å²) in [5.41, 5.74) is 12.4. The molecular weight excluding hydrogens is 204 g/mol. The van der Waals surface area contributed by atoms with Crippen molar-refractivity contribution in [2.45, 2.75) is 24.9 Å². The van der Waals surface area contributed by atoms with Crippen LogP contribution in [-0.2, 0) is 0 Å². The highest BCUT2D eigenvalue weighted by atomic mass is 16.2. The van der Waals surface area contributed by atoms with E-state index in [4.69, 9.17) is 11.5 Å². The summed E-state index contributed by atoms with van der Waals surface area (Å²) in [4.78, 5) is 10.7. The van der Waals surface area contributed by atoms with Gasteiger partial charge in [0.15, 0.2) is 0 Å². The number of hydrogen-bond donors (Lipinski definition) is 4. The van der Waals surface area contributed by atoms with Gasteiger partial charge in [-0.1, -0.05) is 6.07 Å². The molecule has 0 bridgehead atoms. The highest BCUT2D eigenvalue weighted by molar-refractivity contribution is 5.88. The van der Waals surface area contributed by atoms with Gasteiger partial charge in [-0.15, -0.1) is 0 Å². The zero-order chi connectivity index (χ0) is 11.5. The van der Waals surface area contributed by atoms with Crippen molar-refractivity contribution in [3.8, 4) is 0 Å². The van der Waals surface area contributed by atoms with Gasteiger partial charge in [0.2, 0.25) is 0 Å². The van der Waals surface area contributed by atoms with Crippen molar-refractivity contribution in [1.82, 2.24) is 0 Å². The summed E-state index contributed by atoms with van der Waals surface area (Å²) in [7, 11) is 0. The molecule has 2 rings (SSSR count). The lowest BCUT2D eigenvalue weighted by molar-refractivity contribution is 0.259. The van der Waals surface area contributed by atoms with Crippen LogP contribution in [0.2, 0.25) is 0 Å².